The average Bonchev–Trinajstić information content (AvgIpc) is 2.43. The van der Waals surface area contributed by atoms with Crippen molar-refractivity contribution in [3.05, 3.63) is 35.4 Å². The van der Waals surface area contributed by atoms with E-state index in [1.54, 1.807) is 13.0 Å². The van der Waals surface area contributed by atoms with E-state index in [1.165, 1.54) is 0 Å². The lowest BCUT2D eigenvalue weighted by atomic mass is 9.88. The van der Waals surface area contributed by atoms with Crippen LogP contribution in [0.15, 0.2) is 24.3 Å². The molecule has 2 atom stereocenters. The number of rotatable bonds is 7. The van der Waals surface area contributed by atoms with Crippen LogP contribution in [0.1, 0.15) is 43.1 Å². The van der Waals surface area contributed by atoms with Gasteiger partial charge in [0.2, 0.25) is 0 Å². The number of amides is 1. The predicted molar refractivity (Wildman–Crippen MR) is 86.2 cm³/mol. The zero-order chi connectivity index (χ0) is 16.0. The van der Waals surface area contributed by atoms with Gasteiger partial charge in [-0.15, -0.1) is 0 Å². The molecule has 0 spiro atoms. The topological polar surface area (TPSA) is 52.6 Å². The molecule has 1 rings (SSSR count). The van der Waals surface area contributed by atoms with E-state index in [1.807, 2.05) is 46.1 Å². The van der Waals surface area contributed by atoms with Gasteiger partial charge in [-0.3, -0.25) is 4.79 Å². The SMILES string of the molecule is CCC(C)C(C)(O)CNC(=O)c1cccc(CN(C)C)c1. The lowest BCUT2D eigenvalue weighted by Crippen LogP contribution is -2.45. The Kier molecular flexibility index (Phi) is 6.37. The summed E-state index contributed by atoms with van der Waals surface area (Å²) < 4.78 is 0. The number of benzene rings is 1. The summed E-state index contributed by atoms with van der Waals surface area (Å²) in [6.45, 7) is 6.85. The summed E-state index contributed by atoms with van der Waals surface area (Å²) in [6.07, 6.45) is 0.876. The number of aliphatic hydroxyl groups is 1. The highest BCUT2D eigenvalue weighted by Gasteiger charge is 2.27. The Hall–Kier alpha value is -1.39. The fraction of sp³-hybridized carbons (Fsp3) is 0.588. The van der Waals surface area contributed by atoms with Gasteiger partial charge in [-0.05, 0) is 44.6 Å². The Morgan fingerprint density at radius 2 is 2.10 bits per heavy atom. The van der Waals surface area contributed by atoms with Gasteiger partial charge in [0.1, 0.15) is 0 Å². The molecule has 4 heteroatoms. The molecule has 0 bridgehead atoms. The van der Waals surface area contributed by atoms with E-state index < -0.39 is 5.60 Å². The van der Waals surface area contributed by atoms with Crippen molar-refractivity contribution >= 4 is 5.91 Å². The molecule has 0 aliphatic heterocycles. The van der Waals surface area contributed by atoms with E-state index in [9.17, 15) is 9.90 Å². The van der Waals surface area contributed by atoms with Crippen LogP contribution in [-0.2, 0) is 6.54 Å². The quantitative estimate of drug-likeness (QED) is 0.810. The number of nitrogens with zero attached hydrogens (tertiary/aromatic N) is 1. The zero-order valence-electron chi connectivity index (χ0n) is 13.8. The van der Waals surface area contributed by atoms with Crippen molar-refractivity contribution in [1.82, 2.24) is 10.2 Å². The zero-order valence-corrected chi connectivity index (χ0v) is 13.8. The van der Waals surface area contributed by atoms with Gasteiger partial charge in [-0.2, -0.15) is 0 Å². The van der Waals surface area contributed by atoms with Crippen molar-refractivity contribution in [2.24, 2.45) is 5.92 Å². The Balaban J connectivity index is 2.68. The summed E-state index contributed by atoms with van der Waals surface area (Å²) in [5, 5.41) is 13.2. The lowest BCUT2D eigenvalue weighted by molar-refractivity contribution is 0.00592. The highest BCUT2D eigenvalue weighted by atomic mass is 16.3. The number of hydrogen-bond acceptors (Lipinski definition) is 3. The molecule has 4 nitrogen and oxygen atoms in total. The van der Waals surface area contributed by atoms with Gasteiger partial charge in [0, 0.05) is 18.7 Å². The van der Waals surface area contributed by atoms with Gasteiger partial charge in [0.05, 0.1) is 5.60 Å². The molecule has 2 unspecified atom stereocenters. The van der Waals surface area contributed by atoms with Crippen molar-refractivity contribution in [3.8, 4) is 0 Å². The first kappa shape index (κ1) is 17.7. The monoisotopic (exact) mass is 292 g/mol. The molecular weight excluding hydrogens is 264 g/mol. The third kappa shape index (κ3) is 5.48. The van der Waals surface area contributed by atoms with E-state index in [-0.39, 0.29) is 18.4 Å². The minimum atomic E-state index is -0.883. The van der Waals surface area contributed by atoms with Crippen LogP contribution < -0.4 is 5.32 Å². The highest BCUT2D eigenvalue weighted by molar-refractivity contribution is 5.94. The van der Waals surface area contributed by atoms with Crippen LogP contribution in [0, 0.1) is 5.92 Å². The largest absolute Gasteiger partial charge is 0.388 e. The number of carbonyl (C=O) groups excluding carboxylic acids is 1. The first-order chi connectivity index (χ1) is 9.76. The second-order valence-electron chi connectivity index (χ2n) is 6.29. The number of nitrogens with one attached hydrogen (secondary N) is 1. The molecule has 0 aromatic heterocycles. The molecule has 0 saturated carbocycles. The summed E-state index contributed by atoms with van der Waals surface area (Å²) >= 11 is 0. The minimum absolute atomic E-state index is 0.137. The standard InChI is InChI=1S/C17H28N2O2/c1-6-13(2)17(3,21)12-18-16(20)15-9-7-8-14(10-15)11-19(4)5/h7-10,13,21H,6,11-12H2,1-5H3,(H,18,20). The molecule has 0 aliphatic rings. The molecule has 1 aromatic carbocycles. The van der Waals surface area contributed by atoms with Gasteiger partial charge in [-0.25, -0.2) is 0 Å². The molecule has 1 amide bonds. The third-order valence-corrected chi connectivity index (χ3v) is 3.97. The summed E-state index contributed by atoms with van der Waals surface area (Å²) in [6, 6.07) is 7.59. The maximum absolute atomic E-state index is 12.2. The van der Waals surface area contributed by atoms with E-state index >= 15 is 0 Å². The number of hydrogen-bond donors (Lipinski definition) is 2. The molecule has 0 aliphatic carbocycles. The van der Waals surface area contributed by atoms with Crippen LogP contribution in [0.4, 0.5) is 0 Å². The van der Waals surface area contributed by atoms with E-state index in [0.717, 1.165) is 18.5 Å². The fourth-order valence-corrected chi connectivity index (χ4v) is 2.15. The molecule has 0 heterocycles. The van der Waals surface area contributed by atoms with Crippen molar-refractivity contribution in [3.63, 3.8) is 0 Å². The molecule has 0 fully saturated rings. The smallest absolute Gasteiger partial charge is 0.251 e. The second kappa shape index (κ2) is 7.57. The van der Waals surface area contributed by atoms with Crippen LogP contribution in [0.5, 0.6) is 0 Å². The Labute approximate surface area is 128 Å². The van der Waals surface area contributed by atoms with Crippen molar-refractivity contribution in [2.45, 2.75) is 39.3 Å². The molecule has 118 valence electrons. The molecule has 1 aromatic rings. The first-order valence-corrected chi connectivity index (χ1v) is 7.50. The molecule has 0 saturated heterocycles. The van der Waals surface area contributed by atoms with E-state index in [2.05, 4.69) is 10.2 Å². The van der Waals surface area contributed by atoms with E-state index in [4.69, 9.17) is 0 Å². The highest BCUT2D eigenvalue weighted by Crippen LogP contribution is 2.19. The van der Waals surface area contributed by atoms with Gasteiger partial charge in [-0.1, -0.05) is 32.4 Å². The molecule has 2 N–H and O–H groups in total. The summed E-state index contributed by atoms with van der Waals surface area (Å²) in [4.78, 5) is 14.3. The fourth-order valence-electron chi connectivity index (χ4n) is 2.15. The summed E-state index contributed by atoms with van der Waals surface area (Å²) in [5.41, 5.74) is 0.849. The van der Waals surface area contributed by atoms with E-state index in [0.29, 0.717) is 5.56 Å². The molecule has 0 radical (unpaired) electrons. The average molecular weight is 292 g/mol. The first-order valence-electron chi connectivity index (χ1n) is 7.50. The Morgan fingerprint density at radius 3 is 2.67 bits per heavy atom. The van der Waals surface area contributed by atoms with Crippen LogP contribution in [0.25, 0.3) is 0 Å². The van der Waals surface area contributed by atoms with Crippen LogP contribution in [0.3, 0.4) is 0 Å². The normalized spacial score (nSPS) is 15.6. The Morgan fingerprint density at radius 1 is 1.43 bits per heavy atom. The van der Waals surface area contributed by atoms with Crippen molar-refractivity contribution < 1.29 is 9.90 Å². The maximum Gasteiger partial charge on any atom is 0.251 e. The van der Waals surface area contributed by atoms with Gasteiger partial charge < -0.3 is 15.3 Å². The summed E-state index contributed by atoms with van der Waals surface area (Å²) in [5.74, 6) is -0.00272. The third-order valence-electron chi connectivity index (χ3n) is 3.97. The number of carbonyl (C=O) groups is 1. The van der Waals surface area contributed by atoms with Crippen LogP contribution in [0.2, 0.25) is 0 Å². The van der Waals surface area contributed by atoms with Crippen LogP contribution in [-0.4, -0.2) is 42.2 Å². The van der Waals surface area contributed by atoms with Crippen molar-refractivity contribution in [2.75, 3.05) is 20.6 Å². The predicted octanol–water partition coefficient (Wildman–Crippen LogP) is 2.28. The van der Waals surface area contributed by atoms with Crippen molar-refractivity contribution in [1.29, 1.82) is 0 Å². The maximum atomic E-state index is 12.2. The molecule has 21 heavy (non-hydrogen) atoms. The minimum Gasteiger partial charge on any atom is -0.388 e. The summed E-state index contributed by atoms with van der Waals surface area (Å²) in [7, 11) is 3.99. The van der Waals surface area contributed by atoms with Gasteiger partial charge in [0.15, 0.2) is 0 Å². The van der Waals surface area contributed by atoms with Gasteiger partial charge in [0.25, 0.3) is 5.91 Å². The Bertz CT molecular complexity index is 470. The van der Waals surface area contributed by atoms with Gasteiger partial charge >= 0.3 is 0 Å². The van der Waals surface area contributed by atoms with Crippen LogP contribution >= 0.6 is 0 Å². The molecular formula is C17H28N2O2. The lowest BCUT2D eigenvalue weighted by Gasteiger charge is -2.29. The second-order valence-corrected chi connectivity index (χ2v) is 6.29.